The second-order valence-electron chi connectivity index (χ2n) is 6.36. The second-order valence-corrected chi connectivity index (χ2v) is 6.36. The number of anilines is 3. The van der Waals surface area contributed by atoms with Crippen LogP contribution in [0.5, 0.6) is 0 Å². The minimum Gasteiger partial charge on any atom is -0.453 e. The van der Waals surface area contributed by atoms with Crippen molar-refractivity contribution in [2.24, 2.45) is 0 Å². The molecule has 1 fully saturated rings. The van der Waals surface area contributed by atoms with E-state index in [4.69, 9.17) is 0 Å². The molecule has 1 aliphatic rings. The molecule has 0 aromatic heterocycles. The lowest BCUT2D eigenvalue weighted by Crippen LogP contribution is -2.46. The van der Waals surface area contributed by atoms with Crippen LogP contribution in [0.1, 0.15) is 11.1 Å². The quantitative estimate of drug-likeness (QED) is 0.924. The summed E-state index contributed by atoms with van der Waals surface area (Å²) in [6.07, 6.45) is -0.449. The van der Waals surface area contributed by atoms with Crippen LogP contribution in [0.3, 0.4) is 0 Å². The van der Waals surface area contributed by atoms with Crippen molar-refractivity contribution < 1.29 is 9.53 Å². The van der Waals surface area contributed by atoms with E-state index in [9.17, 15) is 4.79 Å². The van der Waals surface area contributed by atoms with E-state index < -0.39 is 6.09 Å². The minimum absolute atomic E-state index is 0.449. The normalized spacial score (nSPS) is 14.4. The maximum Gasteiger partial charge on any atom is 0.411 e. The average molecular weight is 339 g/mol. The first-order valence-corrected chi connectivity index (χ1v) is 8.59. The molecule has 132 valence electrons. The van der Waals surface area contributed by atoms with Gasteiger partial charge in [-0.05, 0) is 55.3 Å². The number of hydrogen-bond donors (Lipinski definition) is 1. The Labute approximate surface area is 149 Å². The molecular weight excluding hydrogens is 314 g/mol. The standard InChI is InChI=1S/C20H25N3O2/c1-15-5-4-6-19(16(15)2)23-13-11-22(12-14-23)18-9-7-17(8-10-18)21-20(24)25-3/h4-10H,11-14H2,1-3H3,(H,21,24). The third-order valence-electron chi connectivity index (χ3n) is 4.86. The van der Waals surface area contributed by atoms with Gasteiger partial charge in [0.2, 0.25) is 0 Å². The topological polar surface area (TPSA) is 44.8 Å². The van der Waals surface area contributed by atoms with Gasteiger partial charge in [0, 0.05) is 43.2 Å². The molecule has 3 rings (SSSR count). The minimum atomic E-state index is -0.449. The Morgan fingerprint density at radius 3 is 2.24 bits per heavy atom. The molecule has 1 heterocycles. The lowest BCUT2D eigenvalue weighted by molar-refractivity contribution is 0.187. The van der Waals surface area contributed by atoms with Crippen molar-refractivity contribution in [3.63, 3.8) is 0 Å². The largest absolute Gasteiger partial charge is 0.453 e. The molecule has 1 amide bonds. The van der Waals surface area contributed by atoms with Gasteiger partial charge in [0.25, 0.3) is 0 Å². The maximum absolute atomic E-state index is 11.2. The first kappa shape index (κ1) is 17.1. The highest BCUT2D eigenvalue weighted by Gasteiger charge is 2.19. The number of ether oxygens (including phenoxy) is 1. The molecule has 5 nitrogen and oxygen atoms in total. The van der Waals surface area contributed by atoms with Gasteiger partial charge < -0.3 is 14.5 Å². The molecule has 0 radical (unpaired) electrons. The number of piperazine rings is 1. The van der Waals surface area contributed by atoms with Crippen molar-refractivity contribution in [1.82, 2.24) is 0 Å². The molecule has 0 aliphatic carbocycles. The zero-order valence-electron chi connectivity index (χ0n) is 15.1. The summed E-state index contributed by atoms with van der Waals surface area (Å²) in [5.74, 6) is 0. The lowest BCUT2D eigenvalue weighted by atomic mass is 10.1. The number of carbonyl (C=O) groups excluding carboxylic acids is 1. The van der Waals surface area contributed by atoms with Gasteiger partial charge in [-0.15, -0.1) is 0 Å². The molecule has 2 aromatic rings. The third-order valence-corrected chi connectivity index (χ3v) is 4.86. The van der Waals surface area contributed by atoms with E-state index >= 15 is 0 Å². The summed E-state index contributed by atoms with van der Waals surface area (Å²) < 4.78 is 4.61. The van der Waals surface area contributed by atoms with Crippen molar-refractivity contribution in [3.05, 3.63) is 53.6 Å². The first-order chi connectivity index (χ1) is 12.1. The molecule has 0 unspecified atom stereocenters. The Bertz CT molecular complexity index is 735. The van der Waals surface area contributed by atoms with Crippen LogP contribution < -0.4 is 15.1 Å². The fourth-order valence-electron chi connectivity index (χ4n) is 3.21. The summed E-state index contributed by atoms with van der Waals surface area (Å²) in [4.78, 5) is 16.1. The predicted molar refractivity (Wildman–Crippen MR) is 103 cm³/mol. The summed E-state index contributed by atoms with van der Waals surface area (Å²) in [7, 11) is 1.36. The maximum atomic E-state index is 11.2. The molecule has 0 spiro atoms. The Morgan fingerprint density at radius 1 is 0.960 bits per heavy atom. The molecule has 1 saturated heterocycles. The molecule has 0 atom stereocenters. The second kappa shape index (κ2) is 7.47. The lowest BCUT2D eigenvalue weighted by Gasteiger charge is -2.38. The monoisotopic (exact) mass is 339 g/mol. The molecule has 1 N–H and O–H groups in total. The van der Waals surface area contributed by atoms with Crippen LogP contribution >= 0.6 is 0 Å². The molecule has 5 heteroatoms. The zero-order chi connectivity index (χ0) is 17.8. The highest BCUT2D eigenvalue weighted by Crippen LogP contribution is 2.26. The van der Waals surface area contributed by atoms with E-state index in [1.54, 1.807) is 0 Å². The van der Waals surface area contributed by atoms with E-state index in [-0.39, 0.29) is 0 Å². The van der Waals surface area contributed by atoms with Crippen LogP contribution in [-0.4, -0.2) is 39.4 Å². The molecule has 25 heavy (non-hydrogen) atoms. The molecule has 0 bridgehead atoms. The number of carbonyl (C=O) groups is 1. The van der Waals surface area contributed by atoms with E-state index in [0.29, 0.717) is 0 Å². The van der Waals surface area contributed by atoms with Crippen LogP contribution in [0.15, 0.2) is 42.5 Å². The summed E-state index contributed by atoms with van der Waals surface area (Å²) in [6.45, 7) is 8.34. The van der Waals surface area contributed by atoms with Crippen LogP contribution in [-0.2, 0) is 4.74 Å². The van der Waals surface area contributed by atoms with Gasteiger partial charge in [0.05, 0.1) is 7.11 Å². The smallest absolute Gasteiger partial charge is 0.411 e. The number of nitrogens with one attached hydrogen (secondary N) is 1. The summed E-state index contributed by atoms with van der Waals surface area (Å²) >= 11 is 0. The molecule has 1 aliphatic heterocycles. The van der Waals surface area contributed by atoms with Gasteiger partial charge in [-0.25, -0.2) is 4.79 Å². The van der Waals surface area contributed by atoms with E-state index in [2.05, 4.69) is 51.9 Å². The van der Waals surface area contributed by atoms with E-state index in [1.165, 1.54) is 29.6 Å². The van der Waals surface area contributed by atoms with E-state index in [0.717, 1.165) is 31.9 Å². The molecule has 2 aromatic carbocycles. The first-order valence-electron chi connectivity index (χ1n) is 8.59. The fourth-order valence-corrected chi connectivity index (χ4v) is 3.21. The van der Waals surface area contributed by atoms with E-state index in [1.807, 2.05) is 24.3 Å². The van der Waals surface area contributed by atoms with Crippen molar-refractivity contribution in [1.29, 1.82) is 0 Å². The third kappa shape index (κ3) is 3.87. The number of nitrogens with zero attached hydrogens (tertiary/aromatic N) is 2. The van der Waals surface area contributed by atoms with Gasteiger partial charge in [-0.2, -0.15) is 0 Å². The van der Waals surface area contributed by atoms with Crippen LogP contribution in [0.4, 0.5) is 21.9 Å². The molecule has 0 saturated carbocycles. The van der Waals surface area contributed by atoms with Gasteiger partial charge in [0.1, 0.15) is 0 Å². The Morgan fingerprint density at radius 2 is 1.60 bits per heavy atom. The fraction of sp³-hybridized carbons (Fsp3) is 0.350. The number of hydrogen-bond acceptors (Lipinski definition) is 4. The van der Waals surface area contributed by atoms with Crippen molar-refractivity contribution in [3.8, 4) is 0 Å². The predicted octanol–water partition coefficient (Wildman–Crippen LogP) is 3.81. The number of methoxy groups -OCH3 is 1. The Kier molecular flexibility index (Phi) is 5.12. The van der Waals surface area contributed by atoms with Crippen LogP contribution in [0.25, 0.3) is 0 Å². The highest BCUT2D eigenvalue weighted by molar-refractivity contribution is 5.84. The van der Waals surface area contributed by atoms with Gasteiger partial charge >= 0.3 is 6.09 Å². The van der Waals surface area contributed by atoms with Gasteiger partial charge in [0.15, 0.2) is 0 Å². The number of benzene rings is 2. The number of amides is 1. The van der Waals surface area contributed by atoms with Crippen molar-refractivity contribution in [2.45, 2.75) is 13.8 Å². The van der Waals surface area contributed by atoms with Crippen molar-refractivity contribution >= 4 is 23.2 Å². The van der Waals surface area contributed by atoms with Gasteiger partial charge in [-0.1, -0.05) is 12.1 Å². The Balaban J connectivity index is 1.62. The SMILES string of the molecule is COC(=O)Nc1ccc(N2CCN(c3cccc(C)c3C)CC2)cc1. The number of aryl methyl sites for hydroxylation is 1. The van der Waals surface area contributed by atoms with Crippen LogP contribution in [0, 0.1) is 13.8 Å². The van der Waals surface area contributed by atoms with Crippen molar-refractivity contribution in [2.75, 3.05) is 48.4 Å². The summed E-state index contributed by atoms with van der Waals surface area (Å²) in [5.41, 5.74) is 5.97. The summed E-state index contributed by atoms with van der Waals surface area (Å²) in [5, 5.41) is 2.67. The van der Waals surface area contributed by atoms with Crippen LogP contribution in [0.2, 0.25) is 0 Å². The highest BCUT2D eigenvalue weighted by atomic mass is 16.5. The number of rotatable bonds is 3. The summed E-state index contributed by atoms with van der Waals surface area (Å²) in [6, 6.07) is 14.4. The van der Waals surface area contributed by atoms with Gasteiger partial charge in [-0.3, -0.25) is 5.32 Å². The zero-order valence-corrected chi connectivity index (χ0v) is 15.1. The molecular formula is C20H25N3O2. The Hall–Kier alpha value is -2.69. The average Bonchev–Trinajstić information content (AvgIpc) is 2.65.